The van der Waals surface area contributed by atoms with Crippen LogP contribution in [-0.4, -0.2) is 31.8 Å². The summed E-state index contributed by atoms with van der Waals surface area (Å²) >= 11 is 0. The maximum Gasteiger partial charge on any atom is 0.195 e. The summed E-state index contributed by atoms with van der Waals surface area (Å²) in [6, 6.07) is 0. The van der Waals surface area contributed by atoms with Crippen LogP contribution in [0.4, 0.5) is 0 Å². The normalized spacial score (nSPS) is 12.9. The lowest BCUT2D eigenvalue weighted by molar-refractivity contribution is 0.199. The van der Waals surface area contributed by atoms with Gasteiger partial charge in [0.25, 0.3) is 0 Å². The second kappa shape index (κ2) is 8.25. The van der Waals surface area contributed by atoms with Crippen LogP contribution in [0.15, 0.2) is 10.6 Å². The van der Waals surface area contributed by atoms with Gasteiger partial charge in [-0.05, 0) is 5.92 Å². The molecule has 0 aromatic carbocycles. The zero-order valence-corrected chi connectivity index (χ0v) is 11.2. The van der Waals surface area contributed by atoms with Crippen LogP contribution in [0.5, 0.6) is 0 Å². The second-order valence-corrected chi connectivity index (χ2v) is 4.43. The number of ether oxygens (including phenoxy) is 1. The standard InChI is InChI=1S/C13H24N2O2/c1-4-11(2)9-12-10-15-13(17-12)5-6-14-7-8-16-3/h10-11,14H,4-9H2,1-3H3. The van der Waals surface area contributed by atoms with Gasteiger partial charge in [-0.25, -0.2) is 4.98 Å². The van der Waals surface area contributed by atoms with E-state index in [9.17, 15) is 0 Å². The molecule has 0 saturated heterocycles. The minimum atomic E-state index is 0.663. The van der Waals surface area contributed by atoms with Crippen molar-refractivity contribution in [2.45, 2.75) is 33.1 Å². The SMILES string of the molecule is CCC(C)Cc1cnc(CCNCCOC)o1. The molecule has 17 heavy (non-hydrogen) atoms. The predicted octanol–water partition coefficient (Wildman–Crippen LogP) is 2.04. The molecule has 4 heteroatoms. The first kappa shape index (κ1) is 14.2. The third kappa shape index (κ3) is 5.84. The maximum atomic E-state index is 5.68. The van der Waals surface area contributed by atoms with Gasteiger partial charge in [0.1, 0.15) is 5.76 Å². The van der Waals surface area contributed by atoms with E-state index in [1.54, 1.807) is 7.11 Å². The molecule has 0 aliphatic carbocycles. The van der Waals surface area contributed by atoms with E-state index in [4.69, 9.17) is 9.15 Å². The van der Waals surface area contributed by atoms with Gasteiger partial charge in [0.2, 0.25) is 0 Å². The van der Waals surface area contributed by atoms with E-state index in [-0.39, 0.29) is 0 Å². The fourth-order valence-corrected chi connectivity index (χ4v) is 1.54. The van der Waals surface area contributed by atoms with Crippen LogP contribution in [0.1, 0.15) is 31.9 Å². The Labute approximate surface area is 104 Å². The Morgan fingerprint density at radius 2 is 2.29 bits per heavy atom. The first-order valence-corrected chi connectivity index (χ1v) is 6.39. The molecule has 98 valence electrons. The van der Waals surface area contributed by atoms with Gasteiger partial charge >= 0.3 is 0 Å². The van der Waals surface area contributed by atoms with E-state index in [0.717, 1.165) is 44.2 Å². The van der Waals surface area contributed by atoms with Gasteiger partial charge in [0, 0.05) is 33.0 Å². The smallest absolute Gasteiger partial charge is 0.195 e. The topological polar surface area (TPSA) is 47.3 Å². The van der Waals surface area contributed by atoms with Crippen LogP contribution in [-0.2, 0) is 17.6 Å². The number of nitrogens with zero attached hydrogens (tertiary/aromatic N) is 1. The number of rotatable bonds is 9. The quantitative estimate of drug-likeness (QED) is 0.671. The van der Waals surface area contributed by atoms with Crippen molar-refractivity contribution in [3.63, 3.8) is 0 Å². The van der Waals surface area contributed by atoms with Crippen molar-refractivity contribution in [2.75, 3.05) is 26.8 Å². The molecule has 4 nitrogen and oxygen atoms in total. The molecule has 0 fully saturated rings. The Hall–Kier alpha value is -0.870. The summed E-state index contributed by atoms with van der Waals surface area (Å²) < 4.78 is 10.6. The summed E-state index contributed by atoms with van der Waals surface area (Å²) in [6.45, 7) is 6.92. The Morgan fingerprint density at radius 1 is 1.47 bits per heavy atom. The van der Waals surface area contributed by atoms with E-state index < -0.39 is 0 Å². The summed E-state index contributed by atoms with van der Waals surface area (Å²) in [5.41, 5.74) is 0. The highest BCUT2D eigenvalue weighted by Crippen LogP contribution is 2.12. The zero-order valence-electron chi connectivity index (χ0n) is 11.2. The third-order valence-corrected chi connectivity index (χ3v) is 2.85. The number of methoxy groups -OCH3 is 1. The highest BCUT2D eigenvalue weighted by molar-refractivity contribution is 4.95. The number of hydrogen-bond donors (Lipinski definition) is 1. The minimum Gasteiger partial charge on any atom is -0.446 e. The summed E-state index contributed by atoms with van der Waals surface area (Å²) in [5.74, 6) is 2.50. The van der Waals surface area contributed by atoms with Crippen LogP contribution in [0.2, 0.25) is 0 Å². The average molecular weight is 240 g/mol. The number of aromatic nitrogens is 1. The molecule has 0 amide bonds. The molecule has 1 unspecified atom stereocenters. The number of hydrogen-bond acceptors (Lipinski definition) is 4. The van der Waals surface area contributed by atoms with Gasteiger partial charge in [0.15, 0.2) is 5.89 Å². The summed E-state index contributed by atoms with van der Waals surface area (Å²) in [6.07, 6.45) is 4.86. The lowest BCUT2D eigenvalue weighted by Gasteiger charge is -2.04. The summed E-state index contributed by atoms with van der Waals surface area (Å²) in [4.78, 5) is 4.28. The fourth-order valence-electron chi connectivity index (χ4n) is 1.54. The number of nitrogens with one attached hydrogen (secondary N) is 1. The van der Waals surface area contributed by atoms with Gasteiger partial charge in [-0.3, -0.25) is 0 Å². The van der Waals surface area contributed by atoms with Crippen molar-refractivity contribution in [2.24, 2.45) is 5.92 Å². The Bertz CT molecular complexity index is 299. The van der Waals surface area contributed by atoms with Crippen LogP contribution in [0.25, 0.3) is 0 Å². The van der Waals surface area contributed by atoms with Crippen molar-refractivity contribution < 1.29 is 9.15 Å². The van der Waals surface area contributed by atoms with Crippen LogP contribution in [0, 0.1) is 5.92 Å². The lowest BCUT2D eigenvalue weighted by Crippen LogP contribution is -2.21. The highest BCUT2D eigenvalue weighted by atomic mass is 16.5. The molecular weight excluding hydrogens is 216 g/mol. The zero-order chi connectivity index (χ0) is 12.5. The van der Waals surface area contributed by atoms with Gasteiger partial charge < -0.3 is 14.5 Å². The average Bonchev–Trinajstić information content (AvgIpc) is 2.76. The fraction of sp³-hybridized carbons (Fsp3) is 0.769. The van der Waals surface area contributed by atoms with Gasteiger partial charge in [-0.1, -0.05) is 20.3 Å². The molecule has 1 rings (SSSR count). The predicted molar refractivity (Wildman–Crippen MR) is 68.1 cm³/mol. The summed E-state index contributed by atoms with van der Waals surface area (Å²) in [7, 11) is 1.71. The van der Waals surface area contributed by atoms with Crippen LogP contribution < -0.4 is 5.32 Å². The van der Waals surface area contributed by atoms with Crippen molar-refractivity contribution in [1.29, 1.82) is 0 Å². The Kier molecular flexibility index (Phi) is 6.89. The monoisotopic (exact) mass is 240 g/mol. The molecular formula is C13H24N2O2. The van der Waals surface area contributed by atoms with E-state index >= 15 is 0 Å². The Balaban J connectivity index is 2.21. The van der Waals surface area contributed by atoms with E-state index in [2.05, 4.69) is 24.1 Å². The molecule has 1 aromatic heterocycles. The minimum absolute atomic E-state index is 0.663. The largest absolute Gasteiger partial charge is 0.446 e. The molecule has 1 aromatic rings. The second-order valence-electron chi connectivity index (χ2n) is 4.43. The molecule has 0 bridgehead atoms. The van der Waals surface area contributed by atoms with Crippen molar-refractivity contribution >= 4 is 0 Å². The van der Waals surface area contributed by atoms with E-state index in [0.29, 0.717) is 5.92 Å². The first-order chi connectivity index (χ1) is 8.26. The van der Waals surface area contributed by atoms with Crippen LogP contribution >= 0.6 is 0 Å². The summed E-state index contributed by atoms with van der Waals surface area (Å²) in [5, 5.41) is 3.27. The maximum absolute atomic E-state index is 5.68. The molecule has 0 spiro atoms. The van der Waals surface area contributed by atoms with Gasteiger partial charge in [-0.2, -0.15) is 0 Å². The molecule has 1 atom stereocenters. The highest BCUT2D eigenvalue weighted by Gasteiger charge is 2.07. The van der Waals surface area contributed by atoms with Crippen LogP contribution in [0.3, 0.4) is 0 Å². The number of oxazole rings is 1. The molecule has 0 aliphatic heterocycles. The van der Waals surface area contributed by atoms with Gasteiger partial charge in [-0.15, -0.1) is 0 Å². The Morgan fingerprint density at radius 3 is 3.00 bits per heavy atom. The van der Waals surface area contributed by atoms with Gasteiger partial charge in [0.05, 0.1) is 12.8 Å². The lowest BCUT2D eigenvalue weighted by atomic mass is 10.0. The van der Waals surface area contributed by atoms with Crippen molar-refractivity contribution in [1.82, 2.24) is 10.3 Å². The molecule has 0 saturated carbocycles. The van der Waals surface area contributed by atoms with Crippen molar-refractivity contribution in [3.05, 3.63) is 17.8 Å². The van der Waals surface area contributed by atoms with E-state index in [1.165, 1.54) is 6.42 Å². The molecule has 1 heterocycles. The third-order valence-electron chi connectivity index (χ3n) is 2.85. The van der Waals surface area contributed by atoms with E-state index in [1.807, 2.05) is 6.20 Å². The van der Waals surface area contributed by atoms with Crippen molar-refractivity contribution in [3.8, 4) is 0 Å². The first-order valence-electron chi connectivity index (χ1n) is 6.39. The molecule has 1 N–H and O–H groups in total. The molecule has 0 radical (unpaired) electrons. The molecule has 0 aliphatic rings.